The molecule has 3 rings (SSSR count). The number of para-hydroxylation sites is 1. The van der Waals surface area contributed by atoms with E-state index in [1.165, 1.54) is 12.1 Å². The maximum Gasteiger partial charge on any atom is 0.416 e. The van der Waals surface area contributed by atoms with Crippen LogP contribution in [0.4, 0.5) is 13.2 Å². The monoisotopic (exact) mass is 400 g/mol. The van der Waals surface area contributed by atoms with Gasteiger partial charge in [-0.05, 0) is 52.7 Å². The fourth-order valence-corrected chi connectivity index (χ4v) is 8.50. The van der Waals surface area contributed by atoms with E-state index in [2.05, 4.69) is 45.6 Å². The molecule has 0 saturated carbocycles. The molecule has 0 aliphatic carbocycles. The molecule has 1 heterocycles. The van der Waals surface area contributed by atoms with Crippen LogP contribution in [-0.4, -0.2) is 8.32 Å². The average molecular weight is 401 g/mol. The summed E-state index contributed by atoms with van der Waals surface area (Å²) in [6, 6.07) is 12.9. The highest BCUT2D eigenvalue weighted by molar-refractivity contribution is 6.95. The van der Waals surface area contributed by atoms with Gasteiger partial charge in [0.2, 0.25) is 0 Å². The molecule has 0 bridgehead atoms. The number of hydrogen-bond donors (Lipinski definition) is 0. The van der Waals surface area contributed by atoms with E-state index in [1.807, 2.05) is 24.3 Å². The van der Waals surface area contributed by atoms with E-state index in [4.69, 9.17) is 4.43 Å². The largest absolute Gasteiger partial charge is 0.538 e. The summed E-state index contributed by atoms with van der Waals surface area (Å²) in [5.41, 5.74) is 1.69. The fourth-order valence-electron chi connectivity index (χ4n) is 3.87. The first kappa shape index (κ1) is 20.3. The molecule has 0 saturated heterocycles. The Hall–Kier alpha value is -2.45. The molecule has 0 N–H and O–H groups in total. The van der Waals surface area contributed by atoms with Crippen molar-refractivity contribution in [3.05, 3.63) is 71.3 Å². The van der Waals surface area contributed by atoms with Gasteiger partial charge in [-0.2, -0.15) is 13.2 Å². The number of alkyl halides is 3. The van der Waals surface area contributed by atoms with Gasteiger partial charge in [0.1, 0.15) is 5.75 Å². The van der Waals surface area contributed by atoms with Gasteiger partial charge in [-0.1, -0.05) is 57.7 Å². The quantitative estimate of drug-likeness (QED) is 0.396. The zero-order valence-corrected chi connectivity index (χ0v) is 17.4. The van der Waals surface area contributed by atoms with Gasteiger partial charge in [-0.15, -0.1) is 0 Å². The molecule has 146 valence electrons. The topological polar surface area (TPSA) is 9.23 Å². The highest BCUT2D eigenvalue weighted by Crippen LogP contribution is 2.51. The van der Waals surface area contributed by atoms with Crippen molar-refractivity contribution in [3.8, 4) is 17.6 Å². The van der Waals surface area contributed by atoms with Gasteiger partial charge in [-0.25, -0.2) is 0 Å². The van der Waals surface area contributed by atoms with Crippen LogP contribution >= 0.6 is 0 Å². The van der Waals surface area contributed by atoms with Gasteiger partial charge in [-0.3, -0.25) is 0 Å². The molecular formula is C23H23F3OSi. The summed E-state index contributed by atoms with van der Waals surface area (Å²) < 4.78 is 44.7. The second-order valence-corrected chi connectivity index (χ2v) is 12.2. The number of fused-ring (bicyclic) bond motifs is 1. The van der Waals surface area contributed by atoms with Crippen LogP contribution in [0.25, 0.3) is 5.20 Å². The van der Waals surface area contributed by atoms with Crippen LogP contribution in [0.15, 0.2) is 54.6 Å². The van der Waals surface area contributed by atoms with Gasteiger partial charge in [0.25, 0.3) is 8.32 Å². The Morgan fingerprint density at radius 2 is 1.54 bits per heavy atom. The van der Waals surface area contributed by atoms with E-state index < -0.39 is 20.1 Å². The number of rotatable bonds is 2. The zero-order chi connectivity index (χ0) is 20.5. The molecule has 0 atom stereocenters. The molecular weight excluding hydrogens is 377 g/mol. The Morgan fingerprint density at radius 3 is 2.11 bits per heavy atom. The lowest BCUT2D eigenvalue weighted by Gasteiger charge is -2.34. The van der Waals surface area contributed by atoms with E-state index >= 15 is 0 Å². The van der Waals surface area contributed by atoms with Crippen molar-refractivity contribution in [2.45, 2.75) is 45.0 Å². The van der Waals surface area contributed by atoms with Gasteiger partial charge >= 0.3 is 6.18 Å². The standard InChI is InChI=1S/C23H23F3OSi/c1-16(2)28(17(3)4)22(20-9-5-6-10-21(20)27-28)11-7-8-18-12-14-19(15-13-18)23(24,25)26/h5-6,9-17H,1-4H3/b22-11+. The van der Waals surface area contributed by atoms with Crippen molar-refractivity contribution in [1.82, 2.24) is 0 Å². The summed E-state index contributed by atoms with van der Waals surface area (Å²) in [4.78, 5) is 0. The third-order valence-corrected chi connectivity index (χ3v) is 10.5. The molecule has 0 fully saturated rings. The van der Waals surface area contributed by atoms with Crippen LogP contribution < -0.4 is 4.43 Å². The van der Waals surface area contributed by atoms with Crippen LogP contribution in [0.5, 0.6) is 5.75 Å². The molecule has 2 aromatic carbocycles. The van der Waals surface area contributed by atoms with Crippen molar-refractivity contribution >= 4 is 13.5 Å². The third-order valence-electron chi connectivity index (χ3n) is 5.24. The maximum absolute atomic E-state index is 12.7. The summed E-state index contributed by atoms with van der Waals surface area (Å²) in [6.07, 6.45) is -2.42. The van der Waals surface area contributed by atoms with Crippen molar-refractivity contribution in [3.63, 3.8) is 0 Å². The van der Waals surface area contributed by atoms with Crippen molar-refractivity contribution in [1.29, 1.82) is 0 Å². The molecule has 28 heavy (non-hydrogen) atoms. The first-order valence-corrected chi connectivity index (χ1v) is 11.4. The lowest BCUT2D eigenvalue weighted by atomic mass is 10.1. The SMILES string of the molecule is CC(C)[Si]1(C(C)C)Oc2ccccc2/C1=C\C#Cc1ccc(C(F)(F)F)cc1. The van der Waals surface area contributed by atoms with Gasteiger partial charge in [0, 0.05) is 11.1 Å². The van der Waals surface area contributed by atoms with Gasteiger partial charge in [0.05, 0.1) is 5.56 Å². The molecule has 0 amide bonds. The predicted molar refractivity (Wildman–Crippen MR) is 109 cm³/mol. The summed E-state index contributed by atoms with van der Waals surface area (Å²) >= 11 is 0. The number of allylic oxidation sites excluding steroid dienone is 1. The third kappa shape index (κ3) is 3.61. The molecule has 1 aliphatic rings. The zero-order valence-electron chi connectivity index (χ0n) is 16.4. The minimum absolute atomic E-state index is 0.360. The first-order valence-electron chi connectivity index (χ1n) is 9.34. The molecule has 1 nitrogen and oxygen atoms in total. The molecule has 5 heteroatoms. The van der Waals surface area contributed by atoms with Crippen LogP contribution in [-0.2, 0) is 6.18 Å². The molecule has 2 aromatic rings. The predicted octanol–water partition coefficient (Wildman–Crippen LogP) is 6.84. The minimum Gasteiger partial charge on any atom is -0.538 e. The summed E-state index contributed by atoms with van der Waals surface area (Å²) in [7, 11) is -2.28. The van der Waals surface area contributed by atoms with E-state index in [1.54, 1.807) is 0 Å². The van der Waals surface area contributed by atoms with E-state index in [-0.39, 0.29) is 0 Å². The average Bonchev–Trinajstić information content (AvgIpc) is 2.97. The summed E-state index contributed by atoms with van der Waals surface area (Å²) in [5.74, 6) is 6.94. The van der Waals surface area contributed by atoms with Crippen LogP contribution in [0.3, 0.4) is 0 Å². The molecule has 1 aliphatic heterocycles. The van der Waals surface area contributed by atoms with Crippen LogP contribution in [0.2, 0.25) is 11.1 Å². The minimum atomic E-state index is -4.33. The summed E-state index contributed by atoms with van der Waals surface area (Å²) in [5, 5.41) is 1.16. The van der Waals surface area contributed by atoms with Gasteiger partial charge in [0.15, 0.2) is 0 Å². The number of hydrogen-bond acceptors (Lipinski definition) is 1. The number of halogens is 3. The van der Waals surface area contributed by atoms with Crippen molar-refractivity contribution < 1.29 is 17.6 Å². The highest BCUT2D eigenvalue weighted by atomic mass is 28.4. The fraction of sp³-hybridized carbons (Fsp3) is 0.304. The van der Waals surface area contributed by atoms with Gasteiger partial charge < -0.3 is 4.43 Å². The second kappa shape index (κ2) is 7.52. The molecule has 0 spiro atoms. The van der Waals surface area contributed by atoms with Crippen molar-refractivity contribution in [2.75, 3.05) is 0 Å². The molecule has 0 radical (unpaired) electrons. The highest BCUT2D eigenvalue weighted by Gasteiger charge is 2.52. The van der Waals surface area contributed by atoms with E-state index in [0.717, 1.165) is 28.6 Å². The smallest absolute Gasteiger partial charge is 0.416 e. The Labute approximate surface area is 165 Å². The van der Waals surface area contributed by atoms with Crippen LogP contribution in [0.1, 0.15) is 44.4 Å². The molecule has 0 unspecified atom stereocenters. The maximum atomic E-state index is 12.7. The van der Waals surface area contributed by atoms with Crippen molar-refractivity contribution in [2.24, 2.45) is 0 Å². The Morgan fingerprint density at radius 1 is 0.929 bits per heavy atom. The second-order valence-electron chi connectivity index (χ2n) is 7.60. The number of benzene rings is 2. The lowest BCUT2D eigenvalue weighted by molar-refractivity contribution is -0.137. The Kier molecular flexibility index (Phi) is 5.45. The summed E-state index contributed by atoms with van der Waals surface area (Å²) in [6.45, 7) is 8.76. The first-order chi connectivity index (χ1) is 13.2. The Balaban J connectivity index is 2.00. The molecule has 0 aromatic heterocycles. The van der Waals surface area contributed by atoms with Crippen LogP contribution in [0, 0.1) is 11.8 Å². The van der Waals surface area contributed by atoms with E-state index in [0.29, 0.717) is 16.6 Å². The van der Waals surface area contributed by atoms with E-state index in [9.17, 15) is 13.2 Å². The lowest BCUT2D eigenvalue weighted by Crippen LogP contribution is -2.46. The normalized spacial score (nSPS) is 16.7. The Bertz CT molecular complexity index is 936.